The Morgan fingerprint density at radius 2 is 0.576 bits per heavy atom. The van der Waals surface area contributed by atoms with Crippen LogP contribution >= 0.6 is 34.8 Å². The average molecular weight is 1220 g/mol. The van der Waals surface area contributed by atoms with Gasteiger partial charge in [-0.25, -0.2) is 33.6 Å². The number of nitrogens with one attached hydrogen (secondary N) is 1. The highest BCUT2D eigenvalue weighted by molar-refractivity contribution is 6.76. The molecule has 0 aliphatic carbocycles. The van der Waals surface area contributed by atoms with E-state index in [0.717, 1.165) is 0 Å². The van der Waals surface area contributed by atoms with E-state index in [1.165, 1.54) is 109 Å². The maximum atomic E-state index is 14.6. The molecule has 22 heteroatoms. The third-order valence-electron chi connectivity index (χ3n) is 13.0. The van der Waals surface area contributed by atoms with Gasteiger partial charge in [0.2, 0.25) is 18.3 Å². The molecule has 1 N–H and O–H groups in total. The van der Waals surface area contributed by atoms with E-state index in [1.807, 2.05) is 0 Å². The van der Waals surface area contributed by atoms with Gasteiger partial charge in [-0.1, -0.05) is 162 Å². The molecule has 1 unspecified atom stereocenters. The van der Waals surface area contributed by atoms with Gasteiger partial charge in [0.1, 0.15) is 31.5 Å². The molecular formula is C63H50Cl3NO18. The SMILES string of the molecule is N=C(OC1O[C@H](COC(=O)c2ccccc2)[C@@H](O[C@@H]2O[C@H](COC(=O)c3ccccc3)[C@H](OC(=O)c3ccccc3)[C@H](OC(=O)c3ccccc3)[C@H]2OC(=O)c2ccccc2)[C@H](OC(=O)c2ccccc2)[C@H]1OC(=O)c1ccccc1)C(Cl)(Cl)Cl. The Kier molecular flexibility index (Phi) is 20.4. The number of benzene rings is 7. The molecule has 9 rings (SSSR count). The van der Waals surface area contributed by atoms with Crippen LogP contribution in [0.25, 0.3) is 0 Å². The lowest BCUT2D eigenvalue weighted by Gasteiger charge is -2.48. The lowest BCUT2D eigenvalue weighted by molar-refractivity contribution is -0.350. The predicted octanol–water partition coefficient (Wildman–Crippen LogP) is 10.0. The molecule has 0 radical (unpaired) electrons. The summed E-state index contributed by atoms with van der Waals surface area (Å²) >= 11 is 18.5. The number of rotatable bonds is 19. The van der Waals surface area contributed by atoms with Crippen molar-refractivity contribution in [3.05, 3.63) is 251 Å². The van der Waals surface area contributed by atoms with Gasteiger partial charge in [-0.2, -0.15) is 0 Å². The van der Waals surface area contributed by atoms with Crippen molar-refractivity contribution in [3.63, 3.8) is 0 Å². The minimum absolute atomic E-state index is 0.0119. The van der Waals surface area contributed by atoms with Crippen LogP contribution in [0.4, 0.5) is 0 Å². The van der Waals surface area contributed by atoms with Crippen molar-refractivity contribution >= 4 is 82.5 Å². The number of hydrogen-bond acceptors (Lipinski definition) is 19. The summed E-state index contributed by atoms with van der Waals surface area (Å²) in [6, 6.07) is 53.3. The monoisotopic (exact) mass is 1210 g/mol. The minimum Gasteiger partial charge on any atom is -0.459 e. The van der Waals surface area contributed by atoms with Gasteiger partial charge in [-0.05, 0) is 84.9 Å². The third kappa shape index (κ3) is 15.8. The molecule has 0 amide bonds. The quantitative estimate of drug-likeness (QED) is 0.0260. The average Bonchev–Trinajstić information content (AvgIpc) is 1.60. The van der Waals surface area contributed by atoms with E-state index in [0.29, 0.717) is 0 Å². The molecular weight excluding hydrogens is 1170 g/mol. The molecule has 7 aromatic rings. The zero-order chi connectivity index (χ0) is 59.9. The van der Waals surface area contributed by atoms with Gasteiger partial charge in [0, 0.05) is 0 Å². The van der Waals surface area contributed by atoms with Crippen LogP contribution in [-0.2, 0) is 52.1 Å². The van der Waals surface area contributed by atoms with Crippen LogP contribution in [0.5, 0.6) is 0 Å². The van der Waals surface area contributed by atoms with E-state index in [-0.39, 0.29) is 38.9 Å². The van der Waals surface area contributed by atoms with Crippen molar-refractivity contribution in [1.29, 1.82) is 5.41 Å². The molecule has 85 heavy (non-hydrogen) atoms. The number of halogens is 3. The fraction of sp³-hybridized carbons (Fsp3) is 0.206. The largest absolute Gasteiger partial charge is 0.459 e. The third-order valence-corrected chi connectivity index (χ3v) is 13.5. The van der Waals surface area contributed by atoms with Crippen molar-refractivity contribution in [1.82, 2.24) is 0 Å². The van der Waals surface area contributed by atoms with E-state index in [9.17, 15) is 33.6 Å². The highest BCUT2D eigenvalue weighted by atomic mass is 35.6. The highest BCUT2D eigenvalue weighted by Crippen LogP contribution is 2.38. The first kappa shape index (κ1) is 60.6. The van der Waals surface area contributed by atoms with Gasteiger partial charge in [0.05, 0.1) is 38.9 Å². The number of hydrogen-bond donors (Lipinski definition) is 1. The van der Waals surface area contributed by atoms with Crippen molar-refractivity contribution in [3.8, 4) is 0 Å². The first-order valence-electron chi connectivity index (χ1n) is 26.1. The van der Waals surface area contributed by atoms with E-state index < -0.39 is 126 Å². The zero-order valence-corrected chi connectivity index (χ0v) is 46.6. The van der Waals surface area contributed by atoms with Gasteiger partial charge in [-0.3, -0.25) is 5.41 Å². The molecule has 10 atom stereocenters. The van der Waals surface area contributed by atoms with E-state index >= 15 is 0 Å². The second kappa shape index (κ2) is 28.6. The zero-order valence-electron chi connectivity index (χ0n) is 44.4. The lowest BCUT2D eigenvalue weighted by atomic mass is 9.95. The summed E-state index contributed by atoms with van der Waals surface area (Å²) in [4.78, 5) is 100. The predicted molar refractivity (Wildman–Crippen MR) is 303 cm³/mol. The Balaban J connectivity index is 1.22. The molecule has 7 aromatic carbocycles. The Hall–Kier alpha value is -8.95. The molecule has 2 aliphatic rings. The fourth-order valence-corrected chi connectivity index (χ4v) is 8.99. The second-order valence-corrected chi connectivity index (χ2v) is 21.0. The molecule has 2 aliphatic heterocycles. The van der Waals surface area contributed by atoms with Gasteiger partial charge < -0.3 is 52.1 Å². The second-order valence-electron chi connectivity index (χ2n) is 18.7. The van der Waals surface area contributed by atoms with Crippen molar-refractivity contribution in [2.45, 2.75) is 65.2 Å². The molecule has 0 bridgehead atoms. The summed E-state index contributed by atoms with van der Waals surface area (Å²) in [6.45, 7) is -1.64. The van der Waals surface area contributed by atoms with Crippen LogP contribution in [0.3, 0.4) is 0 Å². The van der Waals surface area contributed by atoms with E-state index in [1.54, 1.807) is 103 Å². The Bertz CT molecular complexity index is 3420. The van der Waals surface area contributed by atoms with Crippen LogP contribution in [0, 0.1) is 5.41 Å². The summed E-state index contributed by atoms with van der Waals surface area (Å²) < 4.78 is 66.3. The van der Waals surface area contributed by atoms with Crippen LogP contribution < -0.4 is 0 Å². The first-order valence-corrected chi connectivity index (χ1v) is 27.3. The Labute approximate surface area is 500 Å². The molecule has 0 aromatic heterocycles. The number of carbonyl (C=O) groups excluding carboxylic acids is 7. The molecule has 2 fully saturated rings. The maximum absolute atomic E-state index is 14.6. The van der Waals surface area contributed by atoms with Crippen molar-refractivity contribution in [2.75, 3.05) is 13.2 Å². The first-order chi connectivity index (χ1) is 41.1. The van der Waals surface area contributed by atoms with Gasteiger partial charge >= 0.3 is 41.8 Å². The summed E-state index contributed by atoms with van der Waals surface area (Å²) in [5, 5.41) is 8.69. The van der Waals surface area contributed by atoms with E-state index in [2.05, 4.69) is 0 Å². The lowest BCUT2D eigenvalue weighted by Crippen LogP contribution is -2.67. The standard InChI is InChI=1S/C63H50Cl3NO18/c64-63(65,66)62(67)85-61-52(83-59(74)44-34-20-7-21-35-44)50(81-57(72)42-30-16-5-17-31-42)48(46(78-61)37-76-54(69)39-24-10-2-11-25-39)84-60-51(82-58(73)43-32-18-6-19-33-43)49(80-56(71)41-28-14-4-15-29-41)47(79-55(70)40-26-12-3-13-27-40)45(77-60)36-75-53(68)38-22-8-1-9-23-38/h1-35,45-52,60-61,67H,36-37H2/t45-,46-,47+,48-,49+,50+,51-,52-,60+,61?/m1/s1. The van der Waals surface area contributed by atoms with Gasteiger partial charge in [0.25, 0.3) is 3.79 Å². The molecule has 0 saturated carbocycles. The Morgan fingerprint density at radius 3 is 0.894 bits per heavy atom. The molecule has 2 saturated heterocycles. The van der Waals surface area contributed by atoms with Crippen LogP contribution in [-0.4, -0.2) is 126 Å². The van der Waals surface area contributed by atoms with Crippen molar-refractivity contribution < 1.29 is 85.7 Å². The molecule has 436 valence electrons. The van der Waals surface area contributed by atoms with Crippen LogP contribution in [0.15, 0.2) is 212 Å². The molecule has 19 nitrogen and oxygen atoms in total. The smallest absolute Gasteiger partial charge is 0.338 e. The highest BCUT2D eigenvalue weighted by Gasteiger charge is 2.59. The van der Waals surface area contributed by atoms with Gasteiger partial charge in [0.15, 0.2) is 30.7 Å². The Morgan fingerprint density at radius 1 is 0.329 bits per heavy atom. The fourth-order valence-electron chi connectivity index (χ4n) is 8.85. The minimum atomic E-state index is -2.59. The summed E-state index contributed by atoms with van der Waals surface area (Å²) in [5.74, 6) is -8.13. The molecule has 2 heterocycles. The number of ether oxygens (including phenoxy) is 11. The normalized spacial score (nSPS) is 21.8. The summed E-state index contributed by atoms with van der Waals surface area (Å²) in [5.41, 5.74) is 0.00502. The van der Waals surface area contributed by atoms with Crippen LogP contribution in [0.2, 0.25) is 0 Å². The number of alkyl halides is 3. The topological polar surface area (TPSA) is 245 Å². The van der Waals surface area contributed by atoms with E-state index in [4.69, 9.17) is 92.3 Å². The number of esters is 7. The van der Waals surface area contributed by atoms with Gasteiger partial charge in [-0.15, -0.1) is 0 Å². The maximum Gasteiger partial charge on any atom is 0.338 e. The molecule has 0 spiro atoms. The summed E-state index contributed by atoms with van der Waals surface area (Å²) in [6.07, 6.45) is -19.8. The van der Waals surface area contributed by atoms with Crippen molar-refractivity contribution in [2.24, 2.45) is 0 Å². The summed E-state index contributed by atoms with van der Waals surface area (Å²) in [7, 11) is 0. The number of carbonyl (C=O) groups is 7. The van der Waals surface area contributed by atoms with Crippen LogP contribution in [0.1, 0.15) is 72.5 Å².